The first-order valence-electron chi connectivity index (χ1n) is 15.3. The molecule has 0 radical (unpaired) electrons. The molecule has 6 atom stereocenters. The Morgan fingerprint density at radius 2 is 1.76 bits per heavy atom. The van der Waals surface area contributed by atoms with Gasteiger partial charge in [0, 0.05) is 31.0 Å². The number of likely N-dealkylation sites (tertiary alicyclic amines) is 1. The molecule has 0 aliphatic carbocycles. The number of nitrogens with zero attached hydrogens (tertiary/aromatic N) is 3. The van der Waals surface area contributed by atoms with Crippen LogP contribution >= 0.6 is 0 Å². The largest absolute Gasteiger partial charge is 0.461 e. The minimum absolute atomic E-state index is 0.0248. The average molecular weight is 582 g/mol. The molecular weight excluding hydrogens is 534 g/mol. The Balaban J connectivity index is 1.83. The molecular formula is C33H47N3O6. The van der Waals surface area contributed by atoms with Crippen molar-refractivity contribution in [3.8, 4) is 0 Å². The Bertz CT molecular complexity index is 1180. The van der Waals surface area contributed by atoms with Gasteiger partial charge in [0.1, 0.15) is 24.2 Å². The summed E-state index contributed by atoms with van der Waals surface area (Å²) in [6.45, 7) is 19.1. The van der Waals surface area contributed by atoms with E-state index in [2.05, 4.69) is 31.9 Å². The summed E-state index contributed by atoms with van der Waals surface area (Å²) in [5, 5.41) is 10.5. The average Bonchev–Trinajstić information content (AvgIpc) is 3.59. The fourth-order valence-corrected chi connectivity index (χ4v) is 7.53. The Kier molecular flexibility index (Phi) is 9.52. The highest BCUT2D eigenvalue weighted by molar-refractivity contribution is 6.05. The van der Waals surface area contributed by atoms with Crippen LogP contribution in [0.2, 0.25) is 0 Å². The number of hydrogen-bond acceptors (Lipinski definition) is 7. The van der Waals surface area contributed by atoms with E-state index >= 15 is 0 Å². The lowest BCUT2D eigenvalue weighted by molar-refractivity contribution is -0.161. The lowest BCUT2D eigenvalue weighted by Gasteiger charge is -2.40. The molecule has 0 aromatic heterocycles. The maximum atomic E-state index is 14.8. The molecule has 3 heterocycles. The number of rotatable bonds is 14. The summed E-state index contributed by atoms with van der Waals surface area (Å²) in [6, 6.07) is 6.14. The van der Waals surface area contributed by atoms with Crippen molar-refractivity contribution >= 4 is 29.2 Å². The van der Waals surface area contributed by atoms with Crippen LogP contribution in [0, 0.1) is 17.8 Å². The summed E-state index contributed by atoms with van der Waals surface area (Å²) >= 11 is 0. The molecule has 1 aromatic carbocycles. The second kappa shape index (κ2) is 12.6. The second-order valence-corrected chi connectivity index (χ2v) is 11.9. The van der Waals surface area contributed by atoms with Crippen molar-refractivity contribution in [2.24, 2.45) is 17.8 Å². The minimum Gasteiger partial charge on any atom is -0.461 e. The van der Waals surface area contributed by atoms with Crippen LogP contribution < -0.4 is 9.80 Å². The highest BCUT2D eigenvalue weighted by atomic mass is 16.6. The van der Waals surface area contributed by atoms with Crippen LogP contribution in [0.3, 0.4) is 0 Å². The molecule has 2 bridgehead atoms. The van der Waals surface area contributed by atoms with E-state index in [0.717, 1.165) is 18.8 Å². The summed E-state index contributed by atoms with van der Waals surface area (Å²) in [4.78, 5) is 48.2. The fourth-order valence-electron chi connectivity index (χ4n) is 7.53. The van der Waals surface area contributed by atoms with Crippen LogP contribution in [0.15, 0.2) is 49.6 Å². The number of fused-ring (bicyclic) bond motifs is 1. The van der Waals surface area contributed by atoms with E-state index in [1.165, 1.54) is 11.0 Å². The first-order valence-corrected chi connectivity index (χ1v) is 15.3. The molecule has 2 unspecified atom stereocenters. The molecule has 3 fully saturated rings. The summed E-state index contributed by atoms with van der Waals surface area (Å²) in [6.07, 6.45) is 4.64. The van der Waals surface area contributed by atoms with Gasteiger partial charge >= 0.3 is 5.97 Å². The van der Waals surface area contributed by atoms with Gasteiger partial charge in [-0.05, 0) is 63.3 Å². The van der Waals surface area contributed by atoms with E-state index in [4.69, 9.17) is 9.47 Å². The lowest BCUT2D eigenvalue weighted by Crippen LogP contribution is -2.60. The van der Waals surface area contributed by atoms with Gasteiger partial charge in [0.15, 0.2) is 0 Å². The molecule has 42 heavy (non-hydrogen) atoms. The molecule has 1 N–H and O–H groups in total. The van der Waals surface area contributed by atoms with Crippen LogP contribution in [0.1, 0.15) is 53.9 Å². The highest BCUT2D eigenvalue weighted by Gasteiger charge is 2.79. The zero-order chi connectivity index (χ0) is 30.8. The van der Waals surface area contributed by atoms with Crippen molar-refractivity contribution in [3.63, 3.8) is 0 Å². The van der Waals surface area contributed by atoms with Gasteiger partial charge in [-0.1, -0.05) is 39.5 Å². The van der Waals surface area contributed by atoms with Gasteiger partial charge in [0.25, 0.3) is 5.91 Å². The maximum Gasteiger partial charge on any atom is 0.313 e. The van der Waals surface area contributed by atoms with Gasteiger partial charge < -0.3 is 29.3 Å². The quantitative estimate of drug-likeness (QED) is 0.262. The van der Waals surface area contributed by atoms with Crippen LogP contribution in [-0.2, 0) is 23.9 Å². The zero-order valence-electron chi connectivity index (χ0n) is 25.8. The van der Waals surface area contributed by atoms with Crippen molar-refractivity contribution < 1.29 is 29.0 Å². The highest BCUT2D eigenvalue weighted by Crippen LogP contribution is 2.65. The number of esters is 1. The Morgan fingerprint density at radius 1 is 1.12 bits per heavy atom. The number of amides is 2. The molecule has 9 heteroatoms. The summed E-state index contributed by atoms with van der Waals surface area (Å²) in [7, 11) is 0. The number of aliphatic hydroxyl groups excluding tert-OH is 1. The van der Waals surface area contributed by atoms with Gasteiger partial charge in [-0.15, -0.1) is 6.58 Å². The summed E-state index contributed by atoms with van der Waals surface area (Å²) in [5.41, 5.74) is -0.391. The van der Waals surface area contributed by atoms with E-state index in [0.29, 0.717) is 24.9 Å². The number of anilines is 2. The van der Waals surface area contributed by atoms with Gasteiger partial charge in [-0.3, -0.25) is 14.4 Å². The van der Waals surface area contributed by atoms with E-state index in [9.17, 15) is 19.5 Å². The predicted octanol–water partition coefficient (Wildman–Crippen LogP) is 3.95. The van der Waals surface area contributed by atoms with Crippen molar-refractivity contribution in [3.05, 3.63) is 49.6 Å². The number of aliphatic hydroxyl groups is 1. The minimum atomic E-state index is -1.22. The van der Waals surface area contributed by atoms with Crippen LogP contribution in [0.5, 0.6) is 0 Å². The van der Waals surface area contributed by atoms with Gasteiger partial charge in [-0.2, -0.15) is 0 Å². The molecule has 1 aromatic rings. The topological polar surface area (TPSA) is 99.6 Å². The molecule has 9 nitrogen and oxygen atoms in total. The van der Waals surface area contributed by atoms with Crippen molar-refractivity contribution in [2.75, 3.05) is 42.6 Å². The SMILES string of the molecule is C=CCOC(=O)[C@H]1[C@H]2C(=O)N([C@@H](CO)C(C)C)C(C(=O)N(CC=C)c3ccc(N(CC)CC)cc3)C23CC[C@]1(CC)O3. The molecule has 3 saturated heterocycles. The molecule has 3 aliphatic rings. The molecule has 2 amide bonds. The van der Waals surface area contributed by atoms with Crippen LogP contribution in [-0.4, -0.2) is 83.9 Å². The number of carbonyl (C=O) groups excluding carboxylic acids is 3. The van der Waals surface area contributed by atoms with Gasteiger partial charge in [0.05, 0.1) is 24.2 Å². The predicted molar refractivity (Wildman–Crippen MR) is 163 cm³/mol. The van der Waals surface area contributed by atoms with E-state index in [1.54, 1.807) is 11.0 Å². The monoisotopic (exact) mass is 581 g/mol. The second-order valence-electron chi connectivity index (χ2n) is 11.9. The number of ether oxygens (including phenoxy) is 2. The molecule has 230 valence electrons. The van der Waals surface area contributed by atoms with Crippen molar-refractivity contribution in [1.82, 2.24) is 4.90 Å². The summed E-state index contributed by atoms with van der Waals surface area (Å²) in [5.74, 6) is -3.05. The van der Waals surface area contributed by atoms with Gasteiger partial charge in [-0.25, -0.2) is 0 Å². The third-order valence-electron chi connectivity index (χ3n) is 9.63. The molecule has 1 spiro atoms. The van der Waals surface area contributed by atoms with E-state index in [-0.39, 0.29) is 37.5 Å². The smallest absolute Gasteiger partial charge is 0.313 e. The standard InChI is InChI=1S/C33H47N3O6/c1-8-19-35(24-15-13-23(14-16-24)34(11-4)12-5)30(39)28-33-18-17-32(10-3,42-33)27(31(40)41-20-9-2)26(33)29(38)36(28)25(21-37)22(6)7/h8-9,13-16,22,25-28,37H,1-2,10-12,17-21H2,3-7H3/t25-,26-,27+,28?,32-,33?/m0/s1. The zero-order valence-corrected chi connectivity index (χ0v) is 25.8. The van der Waals surface area contributed by atoms with E-state index in [1.807, 2.05) is 45.0 Å². The Labute approximate surface area is 250 Å². The third kappa shape index (κ3) is 4.94. The normalized spacial score (nSPS) is 28.5. The Morgan fingerprint density at radius 3 is 2.29 bits per heavy atom. The lowest BCUT2D eigenvalue weighted by atomic mass is 9.65. The van der Waals surface area contributed by atoms with E-state index < -0.39 is 41.1 Å². The Hall–Kier alpha value is -3.17. The van der Waals surface area contributed by atoms with Crippen molar-refractivity contribution in [1.29, 1.82) is 0 Å². The van der Waals surface area contributed by atoms with Crippen LogP contribution in [0.25, 0.3) is 0 Å². The first kappa shape index (κ1) is 31.8. The van der Waals surface area contributed by atoms with Crippen molar-refractivity contribution in [2.45, 2.75) is 77.2 Å². The molecule has 0 saturated carbocycles. The first-order chi connectivity index (χ1) is 20.1. The summed E-state index contributed by atoms with van der Waals surface area (Å²) < 4.78 is 12.3. The van der Waals surface area contributed by atoms with Gasteiger partial charge in [0.2, 0.25) is 5.91 Å². The number of hydrogen-bond donors (Lipinski definition) is 1. The molecule has 4 rings (SSSR count). The van der Waals surface area contributed by atoms with Crippen LogP contribution in [0.4, 0.5) is 11.4 Å². The number of benzene rings is 1. The molecule has 3 aliphatic heterocycles. The number of carbonyl (C=O) groups is 3. The maximum absolute atomic E-state index is 14.8. The fraction of sp³-hybridized carbons (Fsp3) is 0.606. The third-order valence-corrected chi connectivity index (χ3v) is 9.63.